The molecule has 14 nitrogen and oxygen atoms in total. The molecule has 0 radical (unpaired) electrons. The summed E-state index contributed by atoms with van der Waals surface area (Å²) in [6, 6.07) is 24.3. The van der Waals surface area contributed by atoms with Crippen LogP contribution in [0.5, 0.6) is 23.0 Å². The molecule has 3 aliphatic carbocycles. The molecule has 1 saturated heterocycles. The lowest BCUT2D eigenvalue weighted by molar-refractivity contribution is -0.258. The molecule has 372 valence electrons. The average Bonchev–Trinajstić information content (AvgIpc) is 4.24. The molecular weight excluding hydrogens is 891 g/mol. The van der Waals surface area contributed by atoms with Crippen molar-refractivity contribution in [1.82, 2.24) is 4.90 Å². The highest BCUT2D eigenvalue weighted by molar-refractivity contribution is 6.03. The third-order valence-electron chi connectivity index (χ3n) is 14.7. The number of nitrogens with one attached hydrogen (secondary N) is 1. The summed E-state index contributed by atoms with van der Waals surface area (Å²) >= 11 is 0. The van der Waals surface area contributed by atoms with Crippen molar-refractivity contribution in [2.45, 2.75) is 108 Å². The lowest BCUT2D eigenvalue weighted by atomic mass is 9.55. The van der Waals surface area contributed by atoms with E-state index in [1.807, 2.05) is 35.2 Å². The molecular formula is C56H67N3O11. The number of aliphatic hydroxyl groups is 2. The van der Waals surface area contributed by atoms with Gasteiger partial charge in [-0.1, -0.05) is 72.6 Å². The second-order valence-corrected chi connectivity index (χ2v) is 19.1. The van der Waals surface area contributed by atoms with Crippen molar-refractivity contribution in [2.24, 2.45) is 28.8 Å². The minimum absolute atomic E-state index is 0.00696. The highest BCUT2D eigenvalue weighted by Crippen LogP contribution is 2.62. The molecule has 1 unspecified atom stereocenters. The van der Waals surface area contributed by atoms with Crippen molar-refractivity contribution in [3.8, 4) is 23.0 Å². The van der Waals surface area contributed by atoms with Crippen molar-refractivity contribution in [1.29, 1.82) is 0 Å². The van der Waals surface area contributed by atoms with Gasteiger partial charge in [0.05, 0.1) is 44.8 Å². The Morgan fingerprint density at radius 3 is 2.47 bits per heavy atom. The number of benzene rings is 4. The maximum Gasteiger partial charge on any atom is 0.417 e. The minimum atomic E-state index is -1.46. The first-order valence-electron chi connectivity index (χ1n) is 25.1. The maximum absolute atomic E-state index is 15.2. The van der Waals surface area contributed by atoms with Gasteiger partial charge in [0.2, 0.25) is 18.0 Å². The van der Waals surface area contributed by atoms with Crippen LogP contribution in [-0.2, 0) is 25.7 Å². The topological polar surface area (TPSA) is 167 Å². The zero-order chi connectivity index (χ0) is 48.6. The van der Waals surface area contributed by atoms with Crippen molar-refractivity contribution < 1.29 is 53.1 Å². The Labute approximate surface area is 410 Å². The number of ether oxygens (including phenoxy) is 6. The number of unbranched alkanes of at least 4 members (excludes halogenated alkanes) is 2. The third kappa shape index (κ3) is 10.4. The van der Waals surface area contributed by atoms with Crippen LogP contribution in [0.2, 0.25) is 0 Å². The van der Waals surface area contributed by atoms with Gasteiger partial charge in [-0.15, -0.1) is 6.58 Å². The summed E-state index contributed by atoms with van der Waals surface area (Å²) in [5, 5.41) is 30.1. The Balaban J connectivity index is 1.21. The highest BCUT2D eigenvalue weighted by atomic mass is 16.8. The molecule has 0 spiro atoms. The van der Waals surface area contributed by atoms with Crippen molar-refractivity contribution >= 4 is 34.2 Å². The van der Waals surface area contributed by atoms with Gasteiger partial charge >= 0.3 is 6.09 Å². The van der Waals surface area contributed by atoms with Crippen molar-refractivity contribution in [3.05, 3.63) is 114 Å². The third-order valence-corrected chi connectivity index (χ3v) is 14.7. The lowest BCUT2D eigenvalue weighted by Gasteiger charge is -2.60. The van der Waals surface area contributed by atoms with Crippen LogP contribution in [0.4, 0.5) is 10.5 Å². The smallest absolute Gasteiger partial charge is 0.417 e. The summed E-state index contributed by atoms with van der Waals surface area (Å²) < 4.78 is 37.8. The predicted octanol–water partition coefficient (Wildman–Crippen LogP) is 10.1. The van der Waals surface area contributed by atoms with Gasteiger partial charge in [-0.25, -0.2) is 4.79 Å². The number of aliphatic hydroxyl groups excluding tert-OH is 2. The number of rotatable bonds is 21. The predicted molar refractivity (Wildman–Crippen MR) is 266 cm³/mol. The molecule has 2 aliphatic heterocycles. The van der Waals surface area contributed by atoms with Gasteiger partial charge in [-0.2, -0.15) is 0 Å². The van der Waals surface area contributed by atoms with E-state index >= 15 is 4.79 Å². The van der Waals surface area contributed by atoms with Crippen LogP contribution < -0.4 is 24.3 Å². The van der Waals surface area contributed by atoms with E-state index in [1.165, 1.54) is 7.11 Å². The lowest BCUT2D eigenvalue weighted by Crippen LogP contribution is -2.70. The summed E-state index contributed by atoms with van der Waals surface area (Å²) in [6.45, 7) is 5.25. The molecule has 4 aromatic carbocycles. The van der Waals surface area contributed by atoms with Crippen LogP contribution in [-0.4, -0.2) is 91.6 Å². The van der Waals surface area contributed by atoms with E-state index in [0.717, 1.165) is 78.8 Å². The zero-order valence-corrected chi connectivity index (χ0v) is 40.4. The van der Waals surface area contributed by atoms with Gasteiger partial charge in [0.25, 0.3) is 0 Å². The molecule has 5 aliphatic rings. The van der Waals surface area contributed by atoms with Gasteiger partial charge in [0.1, 0.15) is 29.0 Å². The van der Waals surface area contributed by atoms with Gasteiger partial charge in [0, 0.05) is 56.1 Å². The number of oxime groups is 1. The number of allylic oxidation sites excluding steroid dienone is 1. The zero-order valence-electron chi connectivity index (χ0n) is 40.4. The molecule has 3 N–H and O–H groups in total. The van der Waals surface area contributed by atoms with Gasteiger partial charge in [-0.05, 0) is 115 Å². The number of amides is 2. The SMILES string of the molecule is C=CCO[C@@]12Oc3ccc(OC(=O)Nc4ccc(OC)cc4OC)cc3[C@H]3[C@H](CCCCO)[C@@H](CCCCO)C=C(C(=NOC4CCCCO4)C[C@@H]1N(Cc1cccc4ccccc14)C(=O)C1CC1)[C@H]32. The first-order valence-corrected chi connectivity index (χ1v) is 25.1. The molecule has 2 heterocycles. The van der Waals surface area contributed by atoms with Crippen molar-refractivity contribution in [2.75, 3.05) is 46.0 Å². The average molecular weight is 958 g/mol. The molecule has 3 fully saturated rings. The Morgan fingerprint density at radius 1 is 0.914 bits per heavy atom. The van der Waals surface area contributed by atoms with Gasteiger partial charge < -0.3 is 48.4 Å². The second-order valence-electron chi connectivity index (χ2n) is 19.1. The number of anilines is 1. The van der Waals surface area contributed by atoms with E-state index in [-0.39, 0.29) is 55.8 Å². The van der Waals surface area contributed by atoms with E-state index in [1.54, 1.807) is 37.5 Å². The number of hydrogen-bond acceptors (Lipinski definition) is 12. The van der Waals surface area contributed by atoms with E-state index in [0.29, 0.717) is 66.8 Å². The molecule has 14 heteroatoms. The van der Waals surface area contributed by atoms with E-state index in [4.69, 9.17) is 38.4 Å². The fraction of sp³-hybridized carbons (Fsp3) is 0.482. The molecule has 7 atom stereocenters. The summed E-state index contributed by atoms with van der Waals surface area (Å²) in [5.41, 5.74) is 3.86. The summed E-state index contributed by atoms with van der Waals surface area (Å²) in [6.07, 6.45) is 11.6. The molecule has 0 bridgehead atoms. The van der Waals surface area contributed by atoms with Crippen LogP contribution in [0.3, 0.4) is 0 Å². The quantitative estimate of drug-likeness (QED) is 0.0413. The first-order chi connectivity index (χ1) is 34.3. The highest BCUT2D eigenvalue weighted by Gasteiger charge is 2.66. The van der Waals surface area contributed by atoms with E-state index in [9.17, 15) is 15.0 Å². The Kier molecular flexibility index (Phi) is 15.7. The molecule has 70 heavy (non-hydrogen) atoms. The number of carbonyl (C=O) groups excluding carboxylic acids is 2. The normalized spacial score (nSPS) is 25.1. The molecule has 4 aromatic rings. The van der Waals surface area contributed by atoms with Crippen LogP contribution in [0, 0.1) is 23.7 Å². The standard InChI is InChI=1S/C56H67N3O11/c1-4-29-67-56-50(59(54(62)37-21-22-37)35-39-17-13-16-36-14-5-6-18-42(36)39)34-47(58-70-51-20-9-12-30-66-51)44-31-38(15-7-10-27-60)43(19-8-11-28-61)52(53(44)56)45-32-41(24-26-48(45)69-56)68-55(63)57-46-25-23-40(64-2)33-49(46)65-3/h4-6,13-14,16-18,23-26,31-33,37-38,43,50-53,60-61H,1,7-12,15,19-22,27-30,34-35H2,2-3H3,(H,57,63)/t38-,43+,50-,51?,52+,53+,56+/m0/s1. The van der Waals surface area contributed by atoms with Crippen LogP contribution in [0.15, 0.2) is 108 Å². The number of fused-ring (bicyclic) bond motifs is 3. The van der Waals surface area contributed by atoms with Crippen LogP contribution in [0.1, 0.15) is 94.1 Å². The number of hydrogen-bond donors (Lipinski definition) is 3. The Morgan fingerprint density at radius 2 is 1.71 bits per heavy atom. The van der Waals surface area contributed by atoms with Crippen LogP contribution >= 0.6 is 0 Å². The van der Waals surface area contributed by atoms with Crippen LogP contribution in [0.25, 0.3) is 10.8 Å². The molecule has 2 amide bonds. The first kappa shape index (κ1) is 49.1. The van der Waals surface area contributed by atoms with Crippen molar-refractivity contribution in [3.63, 3.8) is 0 Å². The molecule has 9 rings (SSSR count). The Hall–Kier alpha value is -5.93. The monoisotopic (exact) mass is 957 g/mol. The number of methoxy groups -OCH3 is 2. The minimum Gasteiger partial charge on any atom is -0.497 e. The fourth-order valence-corrected chi connectivity index (χ4v) is 11.3. The van der Waals surface area contributed by atoms with Gasteiger partial charge in [0.15, 0.2) is 0 Å². The number of carbonyl (C=O) groups is 2. The van der Waals surface area contributed by atoms with E-state index in [2.05, 4.69) is 42.2 Å². The summed E-state index contributed by atoms with van der Waals surface area (Å²) in [4.78, 5) is 37.3. The maximum atomic E-state index is 15.2. The molecule has 0 aromatic heterocycles. The molecule has 2 saturated carbocycles. The fourth-order valence-electron chi connectivity index (χ4n) is 11.3. The second kappa shape index (κ2) is 22.4. The summed E-state index contributed by atoms with van der Waals surface area (Å²) in [5.74, 6) is -0.621. The van der Waals surface area contributed by atoms with E-state index < -0.39 is 30.1 Å². The largest absolute Gasteiger partial charge is 0.497 e. The van der Waals surface area contributed by atoms with Gasteiger partial charge in [-0.3, -0.25) is 10.1 Å². The number of nitrogens with zero attached hydrogens (tertiary/aromatic N) is 2. The Bertz CT molecular complexity index is 2550. The summed E-state index contributed by atoms with van der Waals surface area (Å²) in [7, 11) is 3.07.